The van der Waals surface area contributed by atoms with Crippen molar-refractivity contribution in [3.8, 4) is 0 Å². The smallest absolute Gasteiger partial charge is 0.319 e. The monoisotopic (exact) mass is 481 g/mol. The van der Waals surface area contributed by atoms with Gasteiger partial charge in [0.2, 0.25) is 5.91 Å². The first kappa shape index (κ1) is 30.4. The number of carbonyl (C=O) groups excluding carboxylic acids is 3. The number of amides is 1. The number of ether oxygens (including phenoxy) is 2. The Morgan fingerprint density at radius 1 is 0.882 bits per heavy atom. The number of nitrogens with two attached hydrogens (primary N) is 1. The van der Waals surface area contributed by atoms with Gasteiger partial charge in [-0.1, -0.05) is 105 Å². The summed E-state index contributed by atoms with van der Waals surface area (Å²) >= 11 is 0. The summed E-state index contributed by atoms with van der Waals surface area (Å²) in [5.41, 5.74) is 5.46. The predicted molar refractivity (Wildman–Crippen MR) is 136 cm³/mol. The number of esters is 2. The number of primary amides is 1. The van der Waals surface area contributed by atoms with E-state index in [0.717, 1.165) is 44.9 Å². The Kier molecular flexibility index (Phi) is 15.9. The van der Waals surface area contributed by atoms with E-state index in [9.17, 15) is 14.4 Å². The molecule has 4 atom stereocenters. The second-order valence-electron chi connectivity index (χ2n) is 10.5. The van der Waals surface area contributed by atoms with E-state index in [0.29, 0.717) is 6.42 Å². The summed E-state index contributed by atoms with van der Waals surface area (Å²) in [6, 6.07) is 0. The minimum atomic E-state index is -0.945. The van der Waals surface area contributed by atoms with Crippen LogP contribution in [0.25, 0.3) is 0 Å². The van der Waals surface area contributed by atoms with Gasteiger partial charge < -0.3 is 15.2 Å². The summed E-state index contributed by atoms with van der Waals surface area (Å²) in [6.07, 6.45) is 17.0. The van der Waals surface area contributed by atoms with Gasteiger partial charge in [-0.15, -0.1) is 0 Å². The van der Waals surface area contributed by atoms with Crippen molar-refractivity contribution in [2.24, 2.45) is 23.5 Å². The third-order valence-corrected chi connectivity index (χ3v) is 7.02. The number of cyclic esters (lactones) is 1. The predicted octanol–water partition coefficient (Wildman–Crippen LogP) is 6.48. The maximum absolute atomic E-state index is 12.7. The van der Waals surface area contributed by atoms with Crippen LogP contribution in [0.2, 0.25) is 0 Å². The van der Waals surface area contributed by atoms with Crippen molar-refractivity contribution in [2.45, 2.75) is 143 Å². The van der Waals surface area contributed by atoms with Gasteiger partial charge in [0.05, 0.1) is 5.92 Å². The zero-order valence-electron chi connectivity index (χ0n) is 22.3. The zero-order valence-corrected chi connectivity index (χ0v) is 22.3. The Morgan fingerprint density at radius 2 is 1.41 bits per heavy atom. The van der Waals surface area contributed by atoms with Gasteiger partial charge in [-0.05, 0) is 25.2 Å². The first-order chi connectivity index (χ1) is 16.3. The van der Waals surface area contributed by atoms with E-state index in [4.69, 9.17) is 15.2 Å². The molecule has 0 radical (unpaired) electrons. The van der Waals surface area contributed by atoms with Crippen LogP contribution in [0.3, 0.4) is 0 Å². The van der Waals surface area contributed by atoms with Crippen molar-refractivity contribution in [3.05, 3.63) is 0 Å². The Morgan fingerprint density at radius 3 is 1.91 bits per heavy atom. The maximum atomic E-state index is 12.7. The third-order valence-electron chi connectivity index (χ3n) is 7.02. The van der Waals surface area contributed by atoms with Gasteiger partial charge in [0.25, 0.3) is 0 Å². The van der Waals surface area contributed by atoms with Crippen LogP contribution >= 0.6 is 0 Å². The largest absolute Gasteiger partial charge is 0.462 e. The lowest BCUT2D eigenvalue weighted by molar-refractivity contribution is -0.190. The number of unbranched alkanes of at least 4 members (excludes halogenated alkanes) is 11. The quantitative estimate of drug-likeness (QED) is 0.115. The number of hydrogen-bond donors (Lipinski definition) is 1. The van der Waals surface area contributed by atoms with Crippen LogP contribution in [0.15, 0.2) is 0 Å². The number of carbonyl (C=O) groups is 3. The highest BCUT2D eigenvalue weighted by molar-refractivity contribution is 5.97. The molecule has 0 spiro atoms. The standard InChI is InChI=1S/C28H51NO5/c1-5-7-9-11-12-13-14-15-16-18-22(33-28(32)25(21(3)4)26(29)30)20-24-23(27(31)34-24)19-17-10-8-6-2/h21-25H,5-20H2,1-4H3,(H2,29,30)/t22-,23-,24-,25-/m0/s1. The van der Waals surface area contributed by atoms with Gasteiger partial charge in [0, 0.05) is 6.42 Å². The lowest BCUT2D eigenvalue weighted by atomic mass is 9.86. The van der Waals surface area contributed by atoms with Crippen molar-refractivity contribution in [1.82, 2.24) is 0 Å². The lowest BCUT2D eigenvalue weighted by Gasteiger charge is -2.37. The lowest BCUT2D eigenvalue weighted by Crippen LogP contribution is -2.47. The van der Waals surface area contributed by atoms with Crippen molar-refractivity contribution in [3.63, 3.8) is 0 Å². The molecular weight excluding hydrogens is 430 g/mol. The number of hydrogen-bond acceptors (Lipinski definition) is 5. The molecular formula is C28H51NO5. The minimum Gasteiger partial charge on any atom is -0.462 e. The Hall–Kier alpha value is -1.59. The van der Waals surface area contributed by atoms with E-state index >= 15 is 0 Å². The summed E-state index contributed by atoms with van der Waals surface area (Å²) in [7, 11) is 0. The first-order valence-corrected chi connectivity index (χ1v) is 14.0. The molecule has 0 unspecified atom stereocenters. The average molecular weight is 482 g/mol. The fourth-order valence-electron chi connectivity index (χ4n) is 4.83. The van der Waals surface area contributed by atoms with Crippen molar-refractivity contribution >= 4 is 17.8 Å². The summed E-state index contributed by atoms with van der Waals surface area (Å²) in [5.74, 6) is -2.59. The molecule has 0 bridgehead atoms. The summed E-state index contributed by atoms with van der Waals surface area (Å²) in [5, 5.41) is 0. The molecule has 0 aromatic rings. The molecule has 0 aliphatic carbocycles. The van der Waals surface area contributed by atoms with Crippen molar-refractivity contribution in [2.75, 3.05) is 0 Å². The van der Waals surface area contributed by atoms with Crippen LogP contribution in [0.4, 0.5) is 0 Å². The minimum absolute atomic E-state index is 0.0989. The van der Waals surface area contributed by atoms with Gasteiger partial charge in [0.15, 0.2) is 0 Å². The second kappa shape index (κ2) is 17.8. The molecule has 0 aromatic carbocycles. The molecule has 0 aromatic heterocycles. The van der Waals surface area contributed by atoms with E-state index in [1.54, 1.807) is 13.8 Å². The molecule has 1 amide bonds. The summed E-state index contributed by atoms with van der Waals surface area (Å²) in [6.45, 7) is 8.00. The molecule has 1 aliphatic rings. The SMILES string of the molecule is CCCCCCCCCCC[C@@H](C[C@@H]1OC(=O)[C@H]1CCCCCC)OC(=O)[C@H](C(N)=O)C(C)C. The molecule has 1 saturated heterocycles. The molecule has 34 heavy (non-hydrogen) atoms. The molecule has 1 heterocycles. The molecule has 2 N–H and O–H groups in total. The van der Waals surface area contributed by atoms with Gasteiger partial charge in [-0.25, -0.2) is 0 Å². The molecule has 1 fully saturated rings. The topological polar surface area (TPSA) is 95.7 Å². The Labute approximate surface area is 208 Å². The van der Waals surface area contributed by atoms with Gasteiger partial charge in [-0.3, -0.25) is 14.4 Å². The van der Waals surface area contributed by atoms with Gasteiger partial charge in [0.1, 0.15) is 18.1 Å². The van der Waals surface area contributed by atoms with Crippen molar-refractivity contribution < 1.29 is 23.9 Å². The van der Waals surface area contributed by atoms with Gasteiger partial charge >= 0.3 is 11.9 Å². The Balaban J connectivity index is 2.57. The summed E-state index contributed by atoms with van der Waals surface area (Å²) < 4.78 is 11.3. The molecule has 1 aliphatic heterocycles. The zero-order chi connectivity index (χ0) is 25.3. The molecule has 1 rings (SSSR count). The van der Waals surface area contributed by atoms with Gasteiger partial charge in [-0.2, -0.15) is 0 Å². The van der Waals surface area contributed by atoms with Crippen LogP contribution < -0.4 is 5.73 Å². The highest BCUT2D eigenvalue weighted by atomic mass is 16.6. The molecule has 6 heteroatoms. The van der Waals surface area contributed by atoms with Crippen LogP contribution in [0.5, 0.6) is 0 Å². The maximum Gasteiger partial charge on any atom is 0.319 e. The Bertz CT molecular complexity index is 591. The van der Waals surface area contributed by atoms with E-state index in [2.05, 4.69) is 13.8 Å². The van der Waals surface area contributed by atoms with Crippen LogP contribution in [-0.4, -0.2) is 30.1 Å². The van der Waals surface area contributed by atoms with E-state index in [1.165, 1.54) is 51.4 Å². The van der Waals surface area contributed by atoms with Crippen LogP contribution in [0, 0.1) is 17.8 Å². The fraction of sp³-hybridized carbons (Fsp3) is 0.893. The van der Waals surface area contributed by atoms with Crippen LogP contribution in [-0.2, 0) is 23.9 Å². The molecule has 198 valence electrons. The molecule has 6 nitrogen and oxygen atoms in total. The third kappa shape index (κ3) is 11.7. The fourth-order valence-corrected chi connectivity index (χ4v) is 4.83. The highest BCUT2D eigenvalue weighted by Crippen LogP contribution is 2.33. The second-order valence-corrected chi connectivity index (χ2v) is 10.5. The van der Waals surface area contributed by atoms with E-state index in [-0.39, 0.29) is 30.0 Å². The highest BCUT2D eigenvalue weighted by Gasteiger charge is 2.43. The van der Waals surface area contributed by atoms with Crippen molar-refractivity contribution in [1.29, 1.82) is 0 Å². The average Bonchev–Trinajstić information content (AvgIpc) is 2.76. The molecule has 0 saturated carbocycles. The van der Waals surface area contributed by atoms with E-state index in [1.807, 2.05) is 0 Å². The van der Waals surface area contributed by atoms with Crippen LogP contribution in [0.1, 0.15) is 130 Å². The normalized spacial score (nSPS) is 19.4. The number of rotatable bonds is 21. The summed E-state index contributed by atoms with van der Waals surface area (Å²) in [4.78, 5) is 36.6. The van der Waals surface area contributed by atoms with E-state index < -0.39 is 17.8 Å². The first-order valence-electron chi connectivity index (χ1n) is 14.0.